The van der Waals surface area contributed by atoms with Gasteiger partial charge in [0.1, 0.15) is 11.3 Å². The molecular weight excluding hydrogens is 258 g/mol. The number of aliphatic carboxylic acids is 1. The van der Waals surface area contributed by atoms with Crippen LogP contribution in [0.2, 0.25) is 0 Å². The summed E-state index contributed by atoms with van der Waals surface area (Å²) >= 11 is 0. The Labute approximate surface area is 119 Å². The average molecular weight is 281 g/mol. The van der Waals surface area contributed by atoms with Crippen LogP contribution >= 0.6 is 0 Å². The number of carboxylic acid groups (broad SMARTS) is 1. The van der Waals surface area contributed by atoms with Gasteiger partial charge in [-0.15, -0.1) is 0 Å². The van der Waals surface area contributed by atoms with E-state index in [4.69, 9.17) is 4.74 Å². The molecule has 0 bridgehead atoms. The van der Waals surface area contributed by atoms with Crippen LogP contribution in [0.25, 0.3) is 0 Å². The summed E-state index contributed by atoms with van der Waals surface area (Å²) < 4.78 is 5.12. The van der Waals surface area contributed by atoms with Gasteiger partial charge in [-0.3, -0.25) is 9.69 Å². The van der Waals surface area contributed by atoms with Crippen molar-refractivity contribution in [3.63, 3.8) is 0 Å². The predicted octanol–water partition coefficient (Wildman–Crippen LogP) is 1.91. The minimum atomic E-state index is -1.02. The number of hydrogen-bond donors (Lipinski definition) is 2. The molecule has 1 aromatic rings. The first-order chi connectivity index (χ1) is 9.32. The van der Waals surface area contributed by atoms with Crippen molar-refractivity contribution in [1.29, 1.82) is 0 Å². The first-order valence-electron chi connectivity index (χ1n) is 6.63. The van der Waals surface area contributed by atoms with E-state index in [0.29, 0.717) is 17.9 Å². The number of ether oxygens (including phenoxy) is 1. The summed E-state index contributed by atoms with van der Waals surface area (Å²) in [5.74, 6) is -0.237. The minimum absolute atomic E-state index is 0.253. The van der Waals surface area contributed by atoms with E-state index in [-0.39, 0.29) is 6.54 Å². The number of carbonyl (C=O) groups is 1. The molecule has 0 amide bonds. The third-order valence-electron chi connectivity index (χ3n) is 3.57. The summed E-state index contributed by atoms with van der Waals surface area (Å²) in [6, 6.07) is 7.16. The molecule has 0 spiro atoms. The summed E-state index contributed by atoms with van der Waals surface area (Å²) in [7, 11) is 1.57. The highest BCUT2D eigenvalue weighted by atomic mass is 16.5. The Morgan fingerprint density at radius 3 is 2.60 bits per heavy atom. The fraction of sp³-hybridized carbons (Fsp3) is 0.533. The number of nitrogens with zero attached hydrogens (tertiary/aromatic N) is 1. The molecule has 1 aromatic carbocycles. The maximum atomic E-state index is 11.3. The number of aliphatic hydroxyl groups excluding tert-OH is 1. The fourth-order valence-electron chi connectivity index (χ4n) is 2.05. The second-order valence-electron chi connectivity index (χ2n) is 5.20. The third kappa shape index (κ3) is 3.71. The first-order valence-corrected chi connectivity index (χ1v) is 6.63. The summed E-state index contributed by atoms with van der Waals surface area (Å²) in [6.07, 6.45) is -0.760. The average Bonchev–Trinajstić information content (AvgIpc) is 2.44. The molecule has 0 aromatic heterocycles. The van der Waals surface area contributed by atoms with Gasteiger partial charge in [0.05, 0.1) is 13.2 Å². The Balaban J connectivity index is 2.86. The summed E-state index contributed by atoms with van der Waals surface area (Å²) in [4.78, 5) is 13.0. The highest BCUT2D eigenvalue weighted by molar-refractivity contribution is 5.77. The highest BCUT2D eigenvalue weighted by Gasteiger charge is 2.34. The molecule has 5 heteroatoms. The fourth-order valence-corrected chi connectivity index (χ4v) is 2.05. The predicted molar refractivity (Wildman–Crippen MR) is 76.9 cm³/mol. The van der Waals surface area contributed by atoms with Crippen molar-refractivity contribution >= 4 is 5.97 Å². The molecular formula is C15H23NO4. The second kappa shape index (κ2) is 6.72. The molecule has 0 aliphatic rings. The Morgan fingerprint density at radius 1 is 1.45 bits per heavy atom. The number of benzene rings is 1. The second-order valence-corrected chi connectivity index (χ2v) is 5.20. The number of carboxylic acids is 1. The third-order valence-corrected chi connectivity index (χ3v) is 3.57. The lowest BCUT2D eigenvalue weighted by molar-refractivity contribution is -0.150. The lowest BCUT2D eigenvalue weighted by Gasteiger charge is -2.35. The molecule has 1 unspecified atom stereocenters. The number of β-amino-alcohol motifs (C(OH)–C–C–N with tert-alkyl or cyclic N) is 1. The van der Waals surface area contributed by atoms with Gasteiger partial charge in [0.15, 0.2) is 0 Å². The molecule has 0 radical (unpaired) electrons. The number of aliphatic hydroxyl groups is 1. The van der Waals surface area contributed by atoms with E-state index < -0.39 is 17.6 Å². The number of rotatable bonds is 7. The maximum Gasteiger partial charge on any atom is 0.323 e. The molecule has 5 nitrogen and oxygen atoms in total. The summed E-state index contributed by atoms with van der Waals surface area (Å²) in [5, 5.41) is 19.6. The van der Waals surface area contributed by atoms with Gasteiger partial charge in [-0.25, -0.2) is 0 Å². The topological polar surface area (TPSA) is 70.0 Å². The van der Waals surface area contributed by atoms with Crippen LogP contribution in [0.3, 0.4) is 0 Å². The van der Waals surface area contributed by atoms with Gasteiger partial charge in [-0.1, -0.05) is 19.1 Å². The normalized spacial score (nSPS) is 13.3. The van der Waals surface area contributed by atoms with Gasteiger partial charge in [-0.2, -0.15) is 0 Å². The Kier molecular flexibility index (Phi) is 5.53. The van der Waals surface area contributed by atoms with Crippen molar-refractivity contribution in [2.45, 2.75) is 32.4 Å². The molecule has 112 valence electrons. The van der Waals surface area contributed by atoms with Crippen LogP contribution in [0, 0.1) is 0 Å². The van der Waals surface area contributed by atoms with Gasteiger partial charge in [-0.05, 0) is 38.1 Å². The SMILES string of the molecule is CCN(CC(O)c1cccc(OC)c1)C(C)(C)C(=O)O. The molecule has 0 saturated carbocycles. The molecule has 0 saturated heterocycles. The zero-order chi connectivity index (χ0) is 15.3. The Morgan fingerprint density at radius 2 is 2.10 bits per heavy atom. The van der Waals surface area contributed by atoms with E-state index in [1.54, 1.807) is 50.1 Å². The standard InChI is InChI=1S/C15H23NO4/c1-5-16(15(2,3)14(18)19)10-13(17)11-7-6-8-12(9-11)20-4/h6-9,13,17H,5,10H2,1-4H3,(H,18,19). The van der Waals surface area contributed by atoms with Crippen LogP contribution in [-0.4, -0.2) is 46.8 Å². The van der Waals surface area contributed by atoms with E-state index >= 15 is 0 Å². The quantitative estimate of drug-likeness (QED) is 0.799. The van der Waals surface area contributed by atoms with Crippen LogP contribution in [0.15, 0.2) is 24.3 Å². The molecule has 2 N–H and O–H groups in total. The van der Waals surface area contributed by atoms with Gasteiger partial charge in [0.2, 0.25) is 0 Å². The maximum absolute atomic E-state index is 11.3. The smallest absolute Gasteiger partial charge is 0.323 e. The molecule has 20 heavy (non-hydrogen) atoms. The van der Waals surface area contributed by atoms with Crippen LogP contribution in [-0.2, 0) is 4.79 Å². The number of hydrogen-bond acceptors (Lipinski definition) is 4. The molecule has 0 aliphatic carbocycles. The molecule has 0 heterocycles. The molecule has 0 aliphatic heterocycles. The van der Waals surface area contributed by atoms with E-state index in [9.17, 15) is 15.0 Å². The van der Waals surface area contributed by atoms with Crippen LogP contribution < -0.4 is 4.74 Å². The lowest BCUT2D eigenvalue weighted by Crippen LogP contribution is -2.51. The Hall–Kier alpha value is -1.59. The van der Waals surface area contributed by atoms with Gasteiger partial charge < -0.3 is 14.9 Å². The van der Waals surface area contributed by atoms with E-state index in [1.807, 2.05) is 6.92 Å². The van der Waals surface area contributed by atoms with E-state index in [1.165, 1.54) is 0 Å². The van der Waals surface area contributed by atoms with Crippen molar-refractivity contribution in [2.24, 2.45) is 0 Å². The van der Waals surface area contributed by atoms with E-state index in [2.05, 4.69) is 0 Å². The highest BCUT2D eigenvalue weighted by Crippen LogP contribution is 2.23. The first kappa shape index (κ1) is 16.5. The largest absolute Gasteiger partial charge is 0.497 e. The summed E-state index contributed by atoms with van der Waals surface area (Å²) in [5.41, 5.74) is -0.307. The van der Waals surface area contributed by atoms with Gasteiger partial charge in [0.25, 0.3) is 0 Å². The van der Waals surface area contributed by atoms with Gasteiger partial charge >= 0.3 is 5.97 Å². The lowest BCUT2D eigenvalue weighted by atomic mass is 10.0. The monoisotopic (exact) mass is 281 g/mol. The van der Waals surface area contributed by atoms with Crippen molar-refractivity contribution in [1.82, 2.24) is 4.90 Å². The Bertz CT molecular complexity index is 459. The molecule has 1 rings (SSSR count). The molecule has 1 atom stereocenters. The van der Waals surface area contributed by atoms with Crippen molar-refractivity contribution in [3.8, 4) is 5.75 Å². The van der Waals surface area contributed by atoms with Crippen LogP contribution in [0.1, 0.15) is 32.4 Å². The number of likely N-dealkylation sites (N-methyl/N-ethyl adjacent to an activating group) is 1. The zero-order valence-electron chi connectivity index (χ0n) is 12.5. The zero-order valence-corrected chi connectivity index (χ0v) is 12.5. The van der Waals surface area contributed by atoms with Crippen molar-refractivity contribution in [2.75, 3.05) is 20.2 Å². The summed E-state index contributed by atoms with van der Waals surface area (Å²) in [6.45, 7) is 5.94. The van der Waals surface area contributed by atoms with Gasteiger partial charge in [0, 0.05) is 6.54 Å². The molecule has 0 fully saturated rings. The van der Waals surface area contributed by atoms with Crippen LogP contribution in [0.5, 0.6) is 5.75 Å². The van der Waals surface area contributed by atoms with Crippen molar-refractivity contribution < 1.29 is 19.7 Å². The van der Waals surface area contributed by atoms with Crippen molar-refractivity contribution in [3.05, 3.63) is 29.8 Å². The van der Waals surface area contributed by atoms with E-state index in [0.717, 1.165) is 0 Å². The minimum Gasteiger partial charge on any atom is -0.497 e. The van der Waals surface area contributed by atoms with Crippen LogP contribution in [0.4, 0.5) is 0 Å². The number of methoxy groups -OCH3 is 1.